The van der Waals surface area contributed by atoms with Crippen molar-refractivity contribution >= 4 is 22.9 Å². The topological polar surface area (TPSA) is 70.7 Å². The van der Waals surface area contributed by atoms with Gasteiger partial charge in [-0.3, -0.25) is 14.5 Å². The van der Waals surface area contributed by atoms with Crippen molar-refractivity contribution in [1.82, 2.24) is 19.7 Å². The second-order valence-corrected chi connectivity index (χ2v) is 11.8. The van der Waals surface area contributed by atoms with Crippen LogP contribution in [0.2, 0.25) is 0 Å². The lowest BCUT2D eigenvalue weighted by Gasteiger charge is -2.45. The molecular formula is C29H44N4O3. The lowest BCUT2D eigenvalue weighted by atomic mass is 9.91. The van der Waals surface area contributed by atoms with Gasteiger partial charge in [0.25, 0.3) is 5.91 Å². The molecule has 0 aromatic carbocycles. The quantitative estimate of drug-likeness (QED) is 0.587. The molecule has 0 spiro atoms. The molecule has 36 heavy (non-hydrogen) atoms. The number of piperidine rings is 1. The van der Waals surface area contributed by atoms with Crippen LogP contribution in [0, 0.1) is 0 Å². The minimum Gasteiger partial charge on any atom is -0.463 e. The summed E-state index contributed by atoms with van der Waals surface area (Å²) in [4.78, 5) is 32.3. The summed E-state index contributed by atoms with van der Waals surface area (Å²) < 4.78 is 7.61. The van der Waals surface area contributed by atoms with E-state index in [1.54, 1.807) is 6.26 Å². The Morgan fingerprint density at radius 2 is 1.72 bits per heavy atom. The van der Waals surface area contributed by atoms with E-state index < -0.39 is 5.54 Å². The average molecular weight is 497 g/mol. The molecule has 2 aromatic heterocycles. The largest absolute Gasteiger partial charge is 0.463 e. The van der Waals surface area contributed by atoms with Crippen LogP contribution in [0.3, 0.4) is 0 Å². The number of fused-ring (bicyclic) bond motifs is 3. The van der Waals surface area contributed by atoms with E-state index in [-0.39, 0.29) is 17.9 Å². The maximum absolute atomic E-state index is 14.0. The highest BCUT2D eigenvalue weighted by Gasteiger charge is 2.48. The van der Waals surface area contributed by atoms with Gasteiger partial charge < -0.3 is 19.2 Å². The smallest absolute Gasteiger partial charge is 0.271 e. The van der Waals surface area contributed by atoms with Crippen LogP contribution >= 0.6 is 0 Å². The van der Waals surface area contributed by atoms with E-state index >= 15 is 0 Å². The molecule has 1 aliphatic carbocycles. The first kappa shape index (κ1) is 25.4. The number of carbonyl (C=O) groups is 2. The monoisotopic (exact) mass is 496 g/mol. The Hall–Kier alpha value is -2.28. The Labute approximate surface area is 215 Å². The van der Waals surface area contributed by atoms with Crippen molar-refractivity contribution in [2.45, 2.75) is 122 Å². The molecule has 1 saturated carbocycles. The first-order chi connectivity index (χ1) is 17.4. The summed E-state index contributed by atoms with van der Waals surface area (Å²) in [5, 5.41) is 3.39. The van der Waals surface area contributed by atoms with Gasteiger partial charge in [-0.1, -0.05) is 38.5 Å². The van der Waals surface area contributed by atoms with Crippen molar-refractivity contribution in [3.05, 3.63) is 24.1 Å². The molecule has 0 radical (unpaired) electrons. The van der Waals surface area contributed by atoms with Crippen LogP contribution in [-0.2, 0) is 11.3 Å². The van der Waals surface area contributed by atoms with Gasteiger partial charge in [-0.05, 0) is 52.9 Å². The Morgan fingerprint density at radius 1 is 1.03 bits per heavy atom. The van der Waals surface area contributed by atoms with Crippen LogP contribution in [0.25, 0.3) is 11.1 Å². The minimum atomic E-state index is -0.936. The number of aromatic nitrogens is 1. The molecule has 0 bridgehead atoms. The molecule has 3 aliphatic rings. The summed E-state index contributed by atoms with van der Waals surface area (Å²) in [6.45, 7) is 8.58. The molecule has 7 nitrogen and oxygen atoms in total. The number of furan rings is 1. The van der Waals surface area contributed by atoms with E-state index in [2.05, 4.69) is 24.1 Å². The van der Waals surface area contributed by atoms with Gasteiger partial charge in [-0.25, -0.2) is 0 Å². The van der Waals surface area contributed by atoms with Gasteiger partial charge in [0.15, 0.2) is 5.58 Å². The summed E-state index contributed by atoms with van der Waals surface area (Å²) >= 11 is 0. The normalized spacial score (nSPS) is 28.6. The molecule has 2 aliphatic heterocycles. The van der Waals surface area contributed by atoms with Crippen LogP contribution in [0.5, 0.6) is 0 Å². The van der Waals surface area contributed by atoms with Gasteiger partial charge in [0.2, 0.25) is 5.91 Å². The van der Waals surface area contributed by atoms with E-state index in [0.717, 1.165) is 44.2 Å². The molecule has 7 heteroatoms. The third-order valence-electron chi connectivity index (χ3n) is 9.15. The molecule has 0 unspecified atom stereocenters. The molecule has 2 aromatic rings. The fourth-order valence-electron chi connectivity index (χ4n) is 6.89. The van der Waals surface area contributed by atoms with Crippen LogP contribution in [0.4, 0.5) is 0 Å². The van der Waals surface area contributed by atoms with Crippen molar-refractivity contribution in [3.63, 3.8) is 0 Å². The van der Waals surface area contributed by atoms with Crippen LogP contribution in [0.1, 0.15) is 102 Å². The number of nitrogens with zero attached hydrogens (tertiary/aromatic N) is 3. The van der Waals surface area contributed by atoms with Crippen molar-refractivity contribution in [3.8, 4) is 0 Å². The first-order valence-electron chi connectivity index (χ1n) is 14.3. The summed E-state index contributed by atoms with van der Waals surface area (Å²) in [7, 11) is 0. The zero-order valence-electron chi connectivity index (χ0n) is 22.4. The fourth-order valence-corrected chi connectivity index (χ4v) is 6.89. The first-order valence-corrected chi connectivity index (χ1v) is 14.3. The second kappa shape index (κ2) is 10.6. The standard InChI is InChI=1S/C29H44N4O3/c1-21-11-9-12-22(2)31(21)16-10-17-33-27(34)25-19-26-24(15-18-36-26)32(25)20-29(33,3)28(35)30-23-13-7-5-4-6-8-14-23/h15,18-19,21-23H,4-14,16-17,20H2,1-3H3,(H,30,35)/t21-,22+,29-/m0/s1. The van der Waals surface area contributed by atoms with Gasteiger partial charge in [0.05, 0.1) is 18.3 Å². The molecule has 2 fully saturated rings. The van der Waals surface area contributed by atoms with Crippen molar-refractivity contribution in [1.29, 1.82) is 0 Å². The number of carbonyl (C=O) groups excluding carboxylic acids is 2. The van der Waals surface area contributed by atoms with E-state index in [0.29, 0.717) is 36.5 Å². The SMILES string of the molecule is C[C@@H]1CCC[C@H](C)N1CCCN1C(=O)c2cc3occc3n2C[C@@]1(C)C(=O)NC1CCCCCCC1. The molecule has 198 valence electrons. The average Bonchev–Trinajstić information content (AvgIpc) is 3.42. The number of likely N-dealkylation sites (tertiary alicyclic amines) is 1. The third-order valence-corrected chi connectivity index (χ3v) is 9.15. The number of rotatable bonds is 6. The molecule has 3 atom stereocenters. The number of nitrogens with one attached hydrogen (secondary N) is 1. The Morgan fingerprint density at radius 3 is 2.44 bits per heavy atom. The van der Waals surface area contributed by atoms with Gasteiger partial charge in [-0.2, -0.15) is 0 Å². The number of hydrogen-bond donors (Lipinski definition) is 1. The van der Waals surface area contributed by atoms with E-state index in [1.807, 2.05) is 28.5 Å². The van der Waals surface area contributed by atoms with E-state index in [4.69, 9.17) is 4.42 Å². The van der Waals surface area contributed by atoms with Gasteiger partial charge in [0, 0.05) is 43.3 Å². The zero-order valence-corrected chi connectivity index (χ0v) is 22.4. The van der Waals surface area contributed by atoms with Crippen LogP contribution in [-0.4, -0.2) is 62.9 Å². The molecule has 2 amide bonds. The lowest BCUT2D eigenvalue weighted by Crippen LogP contribution is -2.65. The van der Waals surface area contributed by atoms with Crippen LogP contribution < -0.4 is 5.32 Å². The number of hydrogen-bond acceptors (Lipinski definition) is 4. The Balaban J connectivity index is 1.37. The summed E-state index contributed by atoms with van der Waals surface area (Å²) in [6, 6.07) is 5.08. The van der Waals surface area contributed by atoms with Crippen molar-refractivity contribution in [2.75, 3.05) is 13.1 Å². The third kappa shape index (κ3) is 4.83. The highest BCUT2D eigenvalue weighted by molar-refractivity contribution is 6.02. The maximum Gasteiger partial charge on any atom is 0.271 e. The van der Waals surface area contributed by atoms with Gasteiger partial charge in [-0.15, -0.1) is 0 Å². The van der Waals surface area contributed by atoms with Gasteiger partial charge >= 0.3 is 0 Å². The Kier molecular flexibility index (Phi) is 7.47. The van der Waals surface area contributed by atoms with Gasteiger partial charge in [0.1, 0.15) is 11.2 Å². The molecule has 1 N–H and O–H groups in total. The highest BCUT2D eigenvalue weighted by atomic mass is 16.3. The van der Waals surface area contributed by atoms with Crippen LogP contribution in [0.15, 0.2) is 22.8 Å². The predicted octanol–water partition coefficient (Wildman–Crippen LogP) is 5.33. The fraction of sp³-hybridized carbons (Fsp3) is 0.724. The lowest BCUT2D eigenvalue weighted by molar-refractivity contribution is -0.133. The second-order valence-electron chi connectivity index (χ2n) is 11.8. The van der Waals surface area contributed by atoms with Crippen molar-refractivity contribution < 1.29 is 14.0 Å². The molecule has 1 saturated heterocycles. The maximum atomic E-state index is 14.0. The van der Waals surface area contributed by atoms with E-state index in [1.165, 1.54) is 38.5 Å². The zero-order chi connectivity index (χ0) is 25.3. The Bertz CT molecular complexity index is 1060. The highest BCUT2D eigenvalue weighted by Crippen LogP contribution is 2.33. The minimum absolute atomic E-state index is 0.0165. The summed E-state index contributed by atoms with van der Waals surface area (Å²) in [6.07, 6.45) is 14.4. The number of amides is 2. The summed E-state index contributed by atoms with van der Waals surface area (Å²) in [5.74, 6) is -0.0835. The summed E-state index contributed by atoms with van der Waals surface area (Å²) in [5.41, 5.74) is 1.28. The molecule has 5 rings (SSSR count). The van der Waals surface area contributed by atoms with E-state index in [9.17, 15) is 9.59 Å². The molecular weight excluding hydrogens is 452 g/mol. The predicted molar refractivity (Wildman–Crippen MR) is 142 cm³/mol. The van der Waals surface area contributed by atoms with Crippen molar-refractivity contribution in [2.24, 2.45) is 0 Å². The molecule has 4 heterocycles.